The average molecular weight is 231 g/mol. The molecule has 2 heteroatoms. The highest BCUT2D eigenvalue weighted by molar-refractivity contribution is 5.30. The first-order valence-corrected chi connectivity index (χ1v) is 6.37. The molecule has 0 aromatic heterocycles. The van der Waals surface area contributed by atoms with Gasteiger partial charge in [0.1, 0.15) is 0 Å². The number of aliphatic hydroxyl groups excluding tert-OH is 1. The van der Waals surface area contributed by atoms with Crippen molar-refractivity contribution in [2.45, 2.75) is 38.0 Å². The topological polar surface area (TPSA) is 32.3 Å². The van der Waals surface area contributed by atoms with E-state index in [9.17, 15) is 0 Å². The summed E-state index contributed by atoms with van der Waals surface area (Å²) in [5, 5.41) is 11.9. The lowest BCUT2D eigenvalue weighted by molar-refractivity contribution is 0.420. The van der Waals surface area contributed by atoms with Crippen molar-refractivity contribution in [3.8, 4) is 0 Å². The van der Waals surface area contributed by atoms with Crippen LogP contribution in [0.1, 0.15) is 36.8 Å². The highest BCUT2D eigenvalue weighted by Crippen LogP contribution is 2.40. The maximum Gasteiger partial charge on any atom is 0.0948 e. The predicted octanol–water partition coefficient (Wildman–Crippen LogP) is 3.43. The second kappa shape index (κ2) is 5.26. The highest BCUT2D eigenvalue weighted by Gasteiger charge is 2.34. The first-order valence-electron chi connectivity index (χ1n) is 6.37. The van der Waals surface area contributed by atoms with Crippen molar-refractivity contribution >= 4 is 0 Å². The molecule has 0 radical (unpaired) electrons. The monoisotopic (exact) mass is 231 g/mol. The first-order chi connectivity index (χ1) is 8.27. The molecule has 0 saturated heterocycles. The fourth-order valence-corrected chi connectivity index (χ4v) is 2.83. The molecular formula is C15H21NO. The van der Waals surface area contributed by atoms with Crippen LogP contribution in [-0.4, -0.2) is 11.7 Å². The summed E-state index contributed by atoms with van der Waals surface area (Å²) < 4.78 is 0. The molecule has 2 rings (SSSR count). The molecule has 2 nitrogen and oxygen atoms in total. The number of aryl methyl sites for hydroxylation is 1. The van der Waals surface area contributed by atoms with Gasteiger partial charge in [-0.25, -0.2) is 0 Å². The van der Waals surface area contributed by atoms with Gasteiger partial charge in [0.2, 0.25) is 0 Å². The minimum Gasteiger partial charge on any atom is -0.514 e. The standard InChI is InChI=1S/C15H21NO/c1-13-4-6-14(7-5-13)15(8-2-3-9-15)12-16-10-11-17/h4-7,10-11,16-17H,2-3,8-9,12H2,1H3/b11-10-. The van der Waals surface area contributed by atoms with Gasteiger partial charge in [-0.1, -0.05) is 42.7 Å². The Morgan fingerprint density at radius 1 is 1.24 bits per heavy atom. The van der Waals surface area contributed by atoms with E-state index in [-0.39, 0.29) is 5.41 Å². The van der Waals surface area contributed by atoms with Crippen LogP contribution in [0.25, 0.3) is 0 Å². The van der Waals surface area contributed by atoms with E-state index in [2.05, 4.69) is 36.5 Å². The zero-order chi connectivity index (χ0) is 12.1. The smallest absolute Gasteiger partial charge is 0.0948 e. The number of aliphatic hydroxyl groups is 1. The van der Waals surface area contributed by atoms with Crippen molar-refractivity contribution < 1.29 is 5.11 Å². The van der Waals surface area contributed by atoms with Gasteiger partial charge in [-0.15, -0.1) is 0 Å². The normalized spacial score (nSPS) is 18.6. The lowest BCUT2D eigenvalue weighted by Gasteiger charge is -2.29. The number of hydrogen-bond donors (Lipinski definition) is 2. The molecule has 1 fully saturated rings. The van der Waals surface area contributed by atoms with Crippen LogP contribution in [0.5, 0.6) is 0 Å². The third-order valence-electron chi connectivity index (χ3n) is 3.86. The molecule has 1 aromatic carbocycles. The molecule has 2 N–H and O–H groups in total. The second-order valence-corrected chi connectivity index (χ2v) is 5.05. The maximum atomic E-state index is 8.69. The lowest BCUT2D eigenvalue weighted by Crippen LogP contribution is -2.33. The van der Waals surface area contributed by atoms with E-state index in [0.29, 0.717) is 0 Å². The van der Waals surface area contributed by atoms with Crippen molar-refractivity contribution in [3.63, 3.8) is 0 Å². The molecule has 0 bridgehead atoms. The summed E-state index contributed by atoms with van der Waals surface area (Å²) in [6.45, 7) is 3.03. The van der Waals surface area contributed by atoms with Crippen LogP contribution in [0.3, 0.4) is 0 Å². The number of benzene rings is 1. The van der Waals surface area contributed by atoms with E-state index in [1.165, 1.54) is 36.8 Å². The number of hydrogen-bond acceptors (Lipinski definition) is 2. The van der Waals surface area contributed by atoms with Gasteiger partial charge < -0.3 is 10.4 Å². The minimum absolute atomic E-state index is 0.257. The fraction of sp³-hybridized carbons (Fsp3) is 0.467. The third-order valence-corrected chi connectivity index (χ3v) is 3.86. The van der Waals surface area contributed by atoms with Gasteiger partial charge in [0.15, 0.2) is 0 Å². The quantitative estimate of drug-likeness (QED) is 0.778. The largest absolute Gasteiger partial charge is 0.514 e. The van der Waals surface area contributed by atoms with E-state index in [1.807, 2.05) is 0 Å². The SMILES string of the molecule is Cc1ccc(C2(CN/C=C\O)CCCC2)cc1. The Labute approximate surface area is 103 Å². The van der Waals surface area contributed by atoms with Crippen LogP contribution < -0.4 is 5.32 Å². The van der Waals surface area contributed by atoms with E-state index >= 15 is 0 Å². The lowest BCUT2D eigenvalue weighted by atomic mass is 9.78. The van der Waals surface area contributed by atoms with Crippen LogP contribution in [0.15, 0.2) is 36.7 Å². The molecular weight excluding hydrogens is 210 g/mol. The molecule has 0 spiro atoms. The molecule has 0 atom stereocenters. The van der Waals surface area contributed by atoms with Gasteiger partial charge in [-0.3, -0.25) is 0 Å². The van der Waals surface area contributed by atoms with Gasteiger partial charge in [0, 0.05) is 18.2 Å². The number of rotatable bonds is 4. The molecule has 0 unspecified atom stereocenters. The van der Waals surface area contributed by atoms with Crippen LogP contribution in [0.2, 0.25) is 0 Å². The van der Waals surface area contributed by atoms with Crippen LogP contribution in [0.4, 0.5) is 0 Å². The summed E-state index contributed by atoms with van der Waals surface area (Å²) in [5.74, 6) is 0. The van der Waals surface area contributed by atoms with Crippen molar-refractivity contribution in [2.75, 3.05) is 6.54 Å². The van der Waals surface area contributed by atoms with E-state index in [0.717, 1.165) is 12.8 Å². The van der Waals surface area contributed by atoms with E-state index < -0.39 is 0 Å². The molecule has 0 aliphatic heterocycles. The van der Waals surface area contributed by atoms with Gasteiger partial charge >= 0.3 is 0 Å². The molecule has 1 saturated carbocycles. The van der Waals surface area contributed by atoms with Gasteiger partial charge in [0.05, 0.1) is 6.26 Å². The Hall–Kier alpha value is -1.44. The maximum absolute atomic E-state index is 8.69. The molecule has 1 aromatic rings. The van der Waals surface area contributed by atoms with Gasteiger partial charge in [-0.05, 0) is 25.3 Å². The summed E-state index contributed by atoms with van der Waals surface area (Å²) in [5.41, 5.74) is 3.00. The Balaban J connectivity index is 2.18. The zero-order valence-electron chi connectivity index (χ0n) is 10.4. The van der Waals surface area contributed by atoms with Crippen molar-refractivity contribution in [1.82, 2.24) is 5.32 Å². The molecule has 1 aliphatic carbocycles. The number of nitrogens with one attached hydrogen (secondary N) is 1. The van der Waals surface area contributed by atoms with Gasteiger partial charge in [-0.2, -0.15) is 0 Å². The summed E-state index contributed by atoms with van der Waals surface area (Å²) >= 11 is 0. The average Bonchev–Trinajstić information content (AvgIpc) is 2.80. The summed E-state index contributed by atoms with van der Waals surface area (Å²) in [4.78, 5) is 0. The fourth-order valence-electron chi connectivity index (χ4n) is 2.83. The molecule has 92 valence electrons. The Kier molecular flexibility index (Phi) is 3.72. The Morgan fingerprint density at radius 3 is 2.47 bits per heavy atom. The van der Waals surface area contributed by atoms with Crippen molar-refractivity contribution in [2.24, 2.45) is 0 Å². The van der Waals surface area contributed by atoms with Crippen LogP contribution in [-0.2, 0) is 5.41 Å². The molecule has 17 heavy (non-hydrogen) atoms. The zero-order valence-corrected chi connectivity index (χ0v) is 10.4. The van der Waals surface area contributed by atoms with Crippen molar-refractivity contribution in [1.29, 1.82) is 0 Å². The Bertz CT molecular complexity index is 374. The summed E-state index contributed by atoms with van der Waals surface area (Å²) in [7, 11) is 0. The van der Waals surface area contributed by atoms with Crippen LogP contribution in [0, 0.1) is 6.92 Å². The molecule has 0 amide bonds. The summed E-state index contributed by atoms with van der Waals surface area (Å²) in [6, 6.07) is 8.89. The molecule has 1 aliphatic rings. The minimum atomic E-state index is 0.257. The Morgan fingerprint density at radius 2 is 1.88 bits per heavy atom. The molecule has 0 heterocycles. The third kappa shape index (κ3) is 2.63. The summed E-state index contributed by atoms with van der Waals surface area (Å²) in [6.07, 6.45) is 7.77. The predicted molar refractivity (Wildman–Crippen MR) is 71.1 cm³/mol. The first kappa shape index (κ1) is 12.0. The van der Waals surface area contributed by atoms with Gasteiger partial charge in [0.25, 0.3) is 0 Å². The van der Waals surface area contributed by atoms with E-state index in [4.69, 9.17) is 5.11 Å². The second-order valence-electron chi connectivity index (χ2n) is 5.05. The van der Waals surface area contributed by atoms with Crippen molar-refractivity contribution in [3.05, 3.63) is 47.9 Å². The van der Waals surface area contributed by atoms with Crippen LogP contribution >= 0.6 is 0 Å². The van der Waals surface area contributed by atoms with E-state index in [1.54, 1.807) is 6.20 Å². The highest BCUT2D eigenvalue weighted by atomic mass is 16.2.